The van der Waals surface area contributed by atoms with E-state index in [1.807, 2.05) is 31.7 Å². The molecule has 0 radical (unpaired) electrons. The van der Waals surface area contributed by atoms with Crippen LogP contribution in [0.3, 0.4) is 0 Å². The van der Waals surface area contributed by atoms with Gasteiger partial charge in [0, 0.05) is 30.0 Å². The van der Waals surface area contributed by atoms with E-state index >= 15 is 0 Å². The first kappa shape index (κ1) is 20.9. The third kappa shape index (κ3) is 3.22. The third-order valence-electron chi connectivity index (χ3n) is 6.47. The summed E-state index contributed by atoms with van der Waals surface area (Å²) < 4.78 is 13.5. The Labute approximate surface area is 183 Å². The van der Waals surface area contributed by atoms with Crippen molar-refractivity contribution < 1.29 is 14.3 Å². The molecule has 2 aromatic rings. The number of methoxy groups -OCH3 is 1. The van der Waals surface area contributed by atoms with Gasteiger partial charge in [0.2, 0.25) is 0 Å². The Bertz CT molecular complexity index is 951. The van der Waals surface area contributed by atoms with E-state index in [1.165, 1.54) is 5.69 Å². The number of aromatic nitrogens is 1. The van der Waals surface area contributed by atoms with Gasteiger partial charge >= 0.3 is 6.09 Å². The van der Waals surface area contributed by atoms with E-state index in [-0.39, 0.29) is 36.1 Å². The van der Waals surface area contributed by atoms with Gasteiger partial charge in [0.25, 0.3) is 0 Å². The van der Waals surface area contributed by atoms with Crippen LogP contribution < -0.4 is 10.1 Å². The molecule has 3 aliphatic heterocycles. The lowest BCUT2D eigenvalue weighted by atomic mass is 9.78. The van der Waals surface area contributed by atoms with E-state index in [0.29, 0.717) is 0 Å². The number of nitrogens with zero attached hydrogens (tertiary/aromatic N) is 2. The number of halogens is 1. The average molecular weight is 432 g/mol. The van der Waals surface area contributed by atoms with Crippen molar-refractivity contribution in [2.75, 3.05) is 12.4 Å². The Morgan fingerprint density at radius 3 is 2.50 bits per heavy atom. The Balaban J connectivity index is 0.00000218. The van der Waals surface area contributed by atoms with Crippen LogP contribution in [0, 0.1) is 0 Å². The molecule has 1 spiro atoms. The smallest absolute Gasteiger partial charge is 0.410 e. The number of carbonyl (C=O) groups is 1. The van der Waals surface area contributed by atoms with E-state index < -0.39 is 5.60 Å². The van der Waals surface area contributed by atoms with Crippen molar-refractivity contribution in [2.45, 2.75) is 69.7 Å². The first-order valence-electron chi connectivity index (χ1n) is 10.5. The lowest BCUT2D eigenvalue weighted by Gasteiger charge is -2.49. The highest BCUT2D eigenvalue weighted by Gasteiger charge is 2.53. The topological polar surface area (TPSA) is 55.7 Å². The highest BCUT2D eigenvalue weighted by atomic mass is 35.5. The van der Waals surface area contributed by atoms with E-state index in [9.17, 15) is 4.79 Å². The first-order chi connectivity index (χ1) is 13.8. The number of amides is 1. The molecular weight excluding hydrogens is 402 g/mol. The van der Waals surface area contributed by atoms with Gasteiger partial charge in [0.05, 0.1) is 24.0 Å². The number of rotatable bonds is 1. The molecule has 1 N–H and O–H groups in total. The van der Waals surface area contributed by atoms with Crippen LogP contribution in [0.25, 0.3) is 5.69 Å². The quantitative estimate of drug-likeness (QED) is 0.683. The number of carbonyl (C=O) groups excluding carboxylic acids is 1. The van der Waals surface area contributed by atoms with Crippen LogP contribution in [0.2, 0.25) is 0 Å². The van der Waals surface area contributed by atoms with Gasteiger partial charge in [0.15, 0.2) is 0 Å². The highest BCUT2D eigenvalue weighted by Crippen LogP contribution is 2.51. The van der Waals surface area contributed by atoms with Crippen molar-refractivity contribution >= 4 is 24.2 Å². The molecule has 2 saturated heterocycles. The summed E-state index contributed by atoms with van der Waals surface area (Å²) in [6, 6.07) is 10.9. The SMILES string of the molecule is COc1ccc2c(c1)NC1(CC3CCC(C1)N3C(=O)OC(C)(C)C)c1cccn1-2.Cl. The molecule has 30 heavy (non-hydrogen) atoms. The molecule has 1 aromatic heterocycles. The number of ether oxygens (including phenoxy) is 2. The maximum Gasteiger partial charge on any atom is 0.410 e. The van der Waals surface area contributed by atoms with Crippen molar-refractivity contribution in [1.82, 2.24) is 9.47 Å². The van der Waals surface area contributed by atoms with Gasteiger partial charge in [-0.3, -0.25) is 0 Å². The van der Waals surface area contributed by atoms with E-state index in [4.69, 9.17) is 9.47 Å². The van der Waals surface area contributed by atoms with E-state index in [1.54, 1.807) is 7.11 Å². The van der Waals surface area contributed by atoms with Crippen LogP contribution in [0.1, 0.15) is 52.1 Å². The van der Waals surface area contributed by atoms with E-state index in [2.05, 4.69) is 40.3 Å². The fourth-order valence-corrected chi connectivity index (χ4v) is 5.43. The molecule has 7 heteroatoms. The second-order valence-electron chi connectivity index (χ2n) is 9.53. The largest absolute Gasteiger partial charge is 0.497 e. The number of anilines is 1. The van der Waals surface area contributed by atoms with Crippen LogP contribution in [0.15, 0.2) is 36.5 Å². The second kappa shape index (κ2) is 7.12. The molecule has 5 rings (SSSR count). The lowest BCUT2D eigenvalue weighted by molar-refractivity contribution is 0.0000660. The summed E-state index contributed by atoms with van der Waals surface area (Å²) >= 11 is 0. The van der Waals surface area contributed by atoms with Gasteiger partial charge in [-0.25, -0.2) is 4.79 Å². The Kier molecular flexibility index (Phi) is 4.96. The van der Waals surface area contributed by atoms with E-state index in [0.717, 1.165) is 42.8 Å². The first-order valence-corrected chi connectivity index (χ1v) is 10.5. The summed E-state index contributed by atoms with van der Waals surface area (Å²) in [6.45, 7) is 5.79. The van der Waals surface area contributed by atoms with Crippen molar-refractivity contribution in [3.8, 4) is 11.4 Å². The Morgan fingerprint density at radius 2 is 1.87 bits per heavy atom. The molecule has 0 saturated carbocycles. The molecule has 2 unspecified atom stereocenters. The zero-order valence-corrected chi connectivity index (χ0v) is 18.8. The van der Waals surface area contributed by atoms with Crippen molar-refractivity contribution in [3.05, 3.63) is 42.2 Å². The number of nitrogens with one attached hydrogen (secondary N) is 1. The maximum atomic E-state index is 12.9. The third-order valence-corrected chi connectivity index (χ3v) is 6.47. The van der Waals surface area contributed by atoms with Gasteiger partial charge in [0.1, 0.15) is 11.4 Å². The van der Waals surface area contributed by atoms with Crippen LogP contribution >= 0.6 is 12.4 Å². The fourth-order valence-electron chi connectivity index (χ4n) is 5.43. The van der Waals surface area contributed by atoms with Gasteiger partial charge < -0.3 is 24.3 Å². The Morgan fingerprint density at radius 1 is 1.17 bits per heavy atom. The molecule has 2 atom stereocenters. The normalized spacial score (nSPS) is 26.3. The Hall–Kier alpha value is -2.34. The maximum absolute atomic E-state index is 12.9. The molecule has 3 aliphatic rings. The van der Waals surface area contributed by atoms with Crippen molar-refractivity contribution in [1.29, 1.82) is 0 Å². The summed E-state index contributed by atoms with van der Waals surface area (Å²) in [4.78, 5) is 14.9. The van der Waals surface area contributed by atoms with Crippen LogP contribution in [-0.4, -0.2) is 40.4 Å². The standard InChI is InChI=1S/C23H29N3O3.ClH/c1-22(2,3)29-21(27)26-15-7-8-16(26)14-23(13-15)20-6-5-11-25(20)19-10-9-17(28-4)12-18(19)24-23;/h5-6,9-12,15-16,24H,7-8,13-14H2,1-4H3;1H. The molecule has 162 valence electrons. The van der Waals surface area contributed by atoms with Gasteiger partial charge in [-0.15, -0.1) is 12.4 Å². The lowest BCUT2D eigenvalue weighted by Crippen LogP contribution is -2.56. The molecule has 1 amide bonds. The minimum absolute atomic E-state index is 0. The van der Waals surface area contributed by atoms with Crippen LogP contribution in [-0.2, 0) is 10.3 Å². The highest BCUT2D eigenvalue weighted by molar-refractivity contribution is 5.85. The minimum atomic E-state index is -0.473. The molecule has 1 aromatic carbocycles. The predicted octanol–water partition coefficient (Wildman–Crippen LogP) is 5.09. The molecule has 2 fully saturated rings. The predicted molar refractivity (Wildman–Crippen MR) is 119 cm³/mol. The number of hydrogen-bond donors (Lipinski definition) is 1. The second-order valence-corrected chi connectivity index (χ2v) is 9.53. The summed E-state index contributed by atoms with van der Waals surface area (Å²) in [5, 5.41) is 3.86. The summed E-state index contributed by atoms with van der Waals surface area (Å²) in [7, 11) is 1.70. The number of fused-ring (bicyclic) bond motifs is 6. The van der Waals surface area contributed by atoms with Gasteiger partial charge in [-0.05, 0) is 70.7 Å². The summed E-state index contributed by atoms with van der Waals surface area (Å²) in [5.74, 6) is 0.844. The minimum Gasteiger partial charge on any atom is -0.497 e. The van der Waals surface area contributed by atoms with Gasteiger partial charge in [-0.1, -0.05) is 0 Å². The average Bonchev–Trinajstić information content (AvgIpc) is 3.25. The fraction of sp³-hybridized carbons (Fsp3) is 0.522. The molecular formula is C23H30ClN3O3. The summed E-state index contributed by atoms with van der Waals surface area (Å²) in [6.07, 6.45) is 5.77. The number of piperidine rings is 1. The monoisotopic (exact) mass is 431 g/mol. The molecule has 4 heterocycles. The van der Waals surface area contributed by atoms with Gasteiger partial charge in [-0.2, -0.15) is 0 Å². The van der Waals surface area contributed by atoms with Crippen molar-refractivity contribution in [3.63, 3.8) is 0 Å². The zero-order valence-electron chi connectivity index (χ0n) is 18.0. The zero-order chi connectivity index (χ0) is 20.4. The number of hydrogen-bond acceptors (Lipinski definition) is 4. The number of benzene rings is 1. The van der Waals surface area contributed by atoms with Crippen LogP contribution in [0.4, 0.5) is 10.5 Å². The van der Waals surface area contributed by atoms with Crippen LogP contribution in [0.5, 0.6) is 5.75 Å². The molecule has 0 aliphatic carbocycles. The summed E-state index contributed by atoms with van der Waals surface area (Å²) in [5.41, 5.74) is 2.83. The molecule has 2 bridgehead atoms. The molecule has 6 nitrogen and oxygen atoms in total. The van der Waals surface area contributed by atoms with Crippen molar-refractivity contribution in [2.24, 2.45) is 0 Å².